The molecule has 0 aromatic heterocycles. The van der Waals surface area contributed by atoms with E-state index >= 15 is 0 Å². The number of amides is 2. The van der Waals surface area contributed by atoms with E-state index < -0.39 is 22.1 Å². The third-order valence-corrected chi connectivity index (χ3v) is 7.75. The Morgan fingerprint density at radius 1 is 1.12 bits per heavy atom. The summed E-state index contributed by atoms with van der Waals surface area (Å²) < 4.78 is 68.0. The van der Waals surface area contributed by atoms with Crippen LogP contribution in [0.15, 0.2) is 29.2 Å². The fourth-order valence-electron chi connectivity index (χ4n) is 4.07. The van der Waals surface area contributed by atoms with Crippen molar-refractivity contribution in [3.63, 3.8) is 0 Å². The Hall–Kier alpha value is -2.34. The van der Waals surface area contributed by atoms with Crippen LogP contribution in [0.1, 0.15) is 38.5 Å². The summed E-state index contributed by atoms with van der Waals surface area (Å²) in [5.41, 5.74) is 0. The van der Waals surface area contributed by atoms with Gasteiger partial charge in [-0.25, -0.2) is 8.42 Å². The fourth-order valence-corrected chi connectivity index (χ4v) is 5.58. The molecule has 33 heavy (non-hydrogen) atoms. The average Bonchev–Trinajstić information content (AvgIpc) is 2.97. The second-order valence-corrected chi connectivity index (χ2v) is 10.1. The third-order valence-electron chi connectivity index (χ3n) is 5.85. The number of nitrogens with zero attached hydrogens (tertiary/aromatic N) is 2. The minimum atomic E-state index is -4.92. The molecule has 2 aliphatic heterocycles. The number of hydrogen-bond acceptors (Lipinski definition) is 5. The van der Waals surface area contributed by atoms with Crippen molar-refractivity contribution >= 4 is 21.8 Å². The zero-order chi connectivity index (χ0) is 24.1. The molecule has 0 unspecified atom stereocenters. The van der Waals surface area contributed by atoms with Crippen LogP contribution in [0, 0.1) is 5.92 Å². The minimum Gasteiger partial charge on any atom is -0.406 e. The van der Waals surface area contributed by atoms with Crippen LogP contribution < -0.4 is 10.1 Å². The largest absolute Gasteiger partial charge is 0.573 e. The summed E-state index contributed by atoms with van der Waals surface area (Å²) in [4.78, 5) is 26.0. The Morgan fingerprint density at radius 2 is 1.85 bits per heavy atom. The molecule has 3 rings (SSSR count). The molecule has 2 aliphatic rings. The molecule has 8 nitrogen and oxygen atoms in total. The smallest absolute Gasteiger partial charge is 0.406 e. The topological polar surface area (TPSA) is 96.0 Å². The molecule has 0 aliphatic carbocycles. The van der Waals surface area contributed by atoms with Crippen LogP contribution >= 0.6 is 0 Å². The molecule has 1 aromatic carbocycles. The summed E-state index contributed by atoms with van der Waals surface area (Å²) in [5.74, 6) is -1.06. The number of likely N-dealkylation sites (tertiary alicyclic amines) is 1. The molecule has 0 radical (unpaired) electrons. The minimum absolute atomic E-state index is 0.0788. The number of sulfonamides is 1. The Morgan fingerprint density at radius 3 is 2.55 bits per heavy atom. The molecule has 12 heteroatoms. The van der Waals surface area contributed by atoms with Gasteiger partial charge in [0.1, 0.15) is 5.75 Å². The Bertz CT molecular complexity index is 947. The van der Waals surface area contributed by atoms with Crippen LogP contribution in [-0.2, 0) is 19.6 Å². The molecule has 0 bridgehead atoms. The highest BCUT2D eigenvalue weighted by Gasteiger charge is 2.34. The van der Waals surface area contributed by atoms with Gasteiger partial charge in [0.2, 0.25) is 21.8 Å². The quantitative estimate of drug-likeness (QED) is 0.632. The number of ether oxygens (including phenoxy) is 1. The summed E-state index contributed by atoms with van der Waals surface area (Å²) in [7, 11) is -4.02. The van der Waals surface area contributed by atoms with E-state index in [2.05, 4.69) is 10.1 Å². The number of nitrogens with one attached hydrogen (secondary N) is 1. The van der Waals surface area contributed by atoms with E-state index in [1.807, 2.05) is 0 Å². The summed E-state index contributed by atoms with van der Waals surface area (Å²) in [6.45, 7) is 1.65. The number of halogens is 3. The third kappa shape index (κ3) is 7.07. The van der Waals surface area contributed by atoms with Crippen molar-refractivity contribution in [2.24, 2.45) is 5.92 Å². The number of benzene rings is 1. The van der Waals surface area contributed by atoms with Gasteiger partial charge in [-0.1, -0.05) is 12.5 Å². The molecule has 1 aromatic rings. The van der Waals surface area contributed by atoms with Gasteiger partial charge in [-0.2, -0.15) is 4.31 Å². The van der Waals surface area contributed by atoms with Gasteiger partial charge in [-0.3, -0.25) is 9.59 Å². The van der Waals surface area contributed by atoms with Crippen molar-refractivity contribution in [2.75, 3.05) is 32.7 Å². The SMILES string of the molecule is O=C(NCCN1CCCCCC1=O)C1CCN(S(=O)(=O)c2cccc(OC(F)(F)F)c2)CC1. The van der Waals surface area contributed by atoms with Crippen molar-refractivity contribution < 1.29 is 35.9 Å². The lowest BCUT2D eigenvalue weighted by Crippen LogP contribution is -2.44. The van der Waals surface area contributed by atoms with Crippen molar-refractivity contribution in [3.8, 4) is 5.75 Å². The summed E-state index contributed by atoms with van der Waals surface area (Å²) in [6.07, 6.45) is -0.921. The first-order chi connectivity index (χ1) is 15.6. The van der Waals surface area contributed by atoms with Crippen LogP contribution in [0.5, 0.6) is 5.75 Å². The van der Waals surface area contributed by atoms with E-state index in [1.165, 1.54) is 16.4 Å². The molecule has 2 fully saturated rings. The molecule has 184 valence electrons. The van der Waals surface area contributed by atoms with E-state index in [-0.39, 0.29) is 35.7 Å². The Labute approximate surface area is 191 Å². The van der Waals surface area contributed by atoms with Crippen molar-refractivity contribution in [3.05, 3.63) is 24.3 Å². The van der Waals surface area contributed by atoms with Gasteiger partial charge in [-0.15, -0.1) is 13.2 Å². The molecule has 1 N–H and O–H groups in total. The first-order valence-electron chi connectivity index (χ1n) is 11.0. The van der Waals surface area contributed by atoms with Gasteiger partial charge in [0, 0.05) is 51.1 Å². The number of rotatable bonds is 7. The molecular formula is C21H28F3N3O5S. The molecule has 2 heterocycles. The maximum Gasteiger partial charge on any atom is 0.573 e. The first-order valence-corrected chi connectivity index (χ1v) is 12.4. The lowest BCUT2D eigenvalue weighted by Gasteiger charge is -2.31. The van der Waals surface area contributed by atoms with Crippen molar-refractivity contribution in [1.29, 1.82) is 0 Å². The molecule has 0 spiro atoms. The standard InChI is InChI=1S/C21H28F3N3O5S/c22-21(23,24)32-17-5-4-6-18(15-17)33(30,31)27-12-8-16(9-13-27)20(29)25-10-14-26-11-3-1-2-7-19(26)28/h4-6,15-16H,1-3,7-14H2,(H,25,29). The average molecular weight is 492 g/mol. The highest BCUT2D eigenvalue weighted by atomic mass is 32.2. The lowest BCUT2D eigenvalue weighted by atomic mass is 9.97. The van der Waals surface area contributed by atoms with Crippen LogP contribution in [0.4, 0.5) is 13.2 Å². The van der Waals surface area contributed by atoms with Gasteiger partial charge in [0.25, 0.3) is 0 Å². The van der Waals surface area contributed by atoms with E-state index in [9.17, 15) is 31.2 Å². The van der Waals surface area contributed by atoms with Gasteiger partial charge in [-0.05, 0) is 37.8 Å². The number of piperidine rings is 1. The highest BCUT2D eigenvalue weighted by Crippen LogP contribution is 2.28. The number of carbonyl (C=O) groups excluding carboxylic acids is 2. The zero-order valence-electron chi connectivity index (χ0n) is 18.1. The second-order valence-electron chi connectivity index (χ2n) is 8.18. The van der Waals surface area contributed by atoms with Crippen LogP contribution in [0.3, 0.4) is 0 Å². The number of carbonyl (C=O) groups is 2. The highest BCUT2D eigenvalue weighted by molar-refractivity contribution is 7.89. The van der Waals surface area contributed by atoms with Gasteiger partial charge in [0.15, 0.2) is 0 Å². The van der Waals surface area contributed by atoms with E-state index in [1.54, 1.807) is 4.90 Å². The molecule has 2 saturated heterocycles. The van der Waals surface area contributed by atoms with Gasteiger partial charge >= 0.3 is 6.36 Å². The maximum absolute atomic E-state index is 12.8. The normalized spacial score (nSPS) is 19.2. The number of hydrogen-bond donors (Lipinski definition) is 1. The monoisotopic (exact) mass is 491 g/mol. The Balaban J connectivity index is 1.50. The van der Waals surface area contributed by atoms with Crippen molar-refractivity contribution in [2.45, 2.75) is 49.8 Å². The fraction of sp³-hybridized carbons (Fsp3) is 0.619. The summed E-state index contributed by atoms with van der Waals surface area (Å²) in [5, 5.41) is 2.83. The molecule has 0 saturated carbocycles. The Kier molecular flexibility index (Phi) is 8.22. The number of alkyl halides is 3. The molecule has 0 atom stereocenters. The molecular weight excluding hydrogens is 463 g/mol. The van der Waals surface area contributed by atoms with Crippen LogP contribution in [-0.4, -0.2) is 68.5 Å². The van der Waals surface area contributed by atoms with Crippen LogP contribution in [0.2, 0.25) is 0 Å². The first kappa shape index (κ1) is 25.3. The zero-order valence-corrected chi connectivity index (χ0v) is 19.0. The summed E-state index contributed by atoms with van der Waals surface area (Å²) >= 11 is 0. The molecule has 2 amide bonds. The van der Waals surface area contributed by atoms with E-state index in [0.717, 1.165) is 31.4 Å². The summed E-state index contributed by atoms with van der Waals surface area (Å²) in [6, 6.07) is 4.26. The predicted molar refractivity (Wildman–Crippen MR) is 113 cm³/mol. The maximum atomic E-state index is 12.8. The predicted octanol–water partition coefficient (Wildman–Crippen LogP) is 2.50. The van der Waals surface area contributed by atoms with Crippen LogP contribution in [0.25, 0.3) is 0 Å². The van der Waals surface area contributed by atoms with Gasteiger partial charge < -0.3 is 15.0 Å². The van der Waals surface area contributed by atoms with Crippen molar-refractivity contribution in [1.82, 2.24) is 14.5 Å². The lowest BCUT2D eigenvalue weighted by molar-refractivity contribution is -0.274. The van der Waals surface area contributed by atoms with Gasteiger partial charge in [0.05, 0.1) is 4.90 Å². The van der Waals surface area contributed by atoms with E-state index in [4.69, 9.17) is 0 Å². The van der Waals surface area contributed by atoms with E-state index in [0.29, 0.717) is 38.9 Å². The second kappa shape index (κ2) is 10.7.